The van der Waals surface area contributed by atoms with Crippen LogP contribution in [0.4, 0.5) is 0 Å². The van der Waals surface area contributed by atoms with E-state index in [9.17, 15) is 0 Å². The van der Waals surface area contributed by atoms with Gasteiger partial charge in [0, 0.05) is 24.0 Å². The topological polar surface area (TPSA) is 55.4 Å². The van der Waals surface area contributed by atoms with Crippen LogP contribution in [0, 0.1) is 0 Å². The molecule has 0 saturated carbocycles. The van der Waals surface area contributed by atoms with Crippen molar-refractivity contribution in [3.8, 4) is 33.8 Å². The lowest BCUT2D eigenvalue weighted by Crippen LogP contribution is -2.54. The first-order valence-corrected chi connectivity index (χ1v) is 12.9. The molecule has 0 N–H and O–H groups in total. The zero-order chi connectivity index (χ0) is 25.4. The van der Waals surface area contributed by atoms with Crippen molar-refractivity contribution in [3.63, 3.8) is 0 Å². The van der Waals surface area contributed by atoms with Gasteiger partial charge >= 0.3 is 0 Å². The van der Waals surface area contributed by atoms with E-state index in [2.05, 4.69) is 36.4 Å². The maximum absolute atomic E-state index is 6.27. The summed E-state index contributed by atoms with van der Waals surface area (Å²) in [5.74, 6) is 1.59. The zero-order valence-corrected chi connectivity index (χ0v) is 20.9. The van der Waals surface area contributed by atoms with Gasteiger partial charge in [-0.15, -0.1) is 0 Å². The van der Waals surface area contributed by atoms with Crippen LogP contribution in [-0.4, -0.2) is 37.6 Å². The second kappa shape index (κ2) is 9.57. The second-order valence-corrected chi connectivity index (χ2v) is 10.3. The molecule has 6 heteroatoms. The highest BCUT2D eigenvalue weighted by atomic mass is 17.3. The monoisotopic (exact) mass is 508 g/mol. The molecular formula is C32H28O6. The molecule has 7 rings (SSSR count). The first-order valence-electron chi connectivity index (χ1n) is 12.9. The van der Waals surface area contributed by atoms with Gasteiger partial charge in [0.05, 0.1) is 0 Å². The van der Waals surface area contributed by atoms with Gasteiger partial charge in [-0.25, -0.2) is 19.6 Å². The van der Waals surface area contributed by atoms with Gasteiger partial charge in [-0.1, -0.05) is 84.9 Å². The predicted octanol–water partition coefficient (Wildman–Crippen LogP) is 5.98. The second-order valence-electron chi connectivity index (χ2n) is 10.3. The Balaban J connectivity index is 1.17. The molecule has 3 heterocycles. The molecule has 0 aromatic heterocycles. The fourth-order valence-corrected chi connectivity index (χ4v) is 5.58. The minimum Gasteiger partial charge on any atom is -0.490 e. The minimum absolute atomic E-state index is 0.128. The lowest BCUT2D eigenvalue weighted by molar-refractivity contribution is -0.474. The lowest BCUT2D eigenvalue weighted by atomic mass is 9.88. The summed E-state index contributed by atoms with van der Waals surface area (Å²) in [6.07, 6.45) is 1.08. The quantitative estimate of drug-likeness (QED) is 0.273. The zero-order valence-electron chi connectivity index (χ0n) is 20.9. The summed E-state index contributed by atoms with van der Waals surface area (Å²) in [6.45, 7) is 0.760. The summed E-state index contributed by atoms with van der Waals surface area (Å²) >= 11 is 0. The van der Waals surface area contributed by atoms with Crippen LogP contribution in [0.25, 0.3) is 22.3 Å². The molecule has 38 heavy (non-hydrogen) atoms. The molecular weight excluding hydrogens is 480 g/mol. The average Bonchev–Trinajstić information content (AvgIpc) is 2.93. The van der Waals surface area contributed by atoms with Gasteiger partial charge in [0.25, 0.3) is 0 Å². The molecule has 4 aromatic carbocycles. The molecule has 1 fully saturated rings. The summed E-state index contributed by atoms with van der Waals surface area (Å²) in [5, 5.41) is 0. The van der Waals surface area contributed by atoms with E-state index in [0.29, 0.717) is 12.8 Å². The van der Waals surface area contributed by atoms with Crippen molar-refractivity contribution >= 4 is 0 Å². The molecule has 0 bridgehead atoms. The highest BCUT2D eigenvalue weighted by Gasteiger charge is 2.45. The van der Waals surface area contributed by atoms with Crippen molar-refractivity contribution in [1.82, 2.24) is 0 Å². The van der Waals surface area contributed by atoms with Crippen molar-refractivity contribution in [2.45, 2.75) is 24.0 Å². The fraction of sp³-hybridized carbons (Fsp3) is 0.250. The smallest absolute Gasteiger partial charge is 0.167 e. The number of para-hydroxylation sites is 2. The van der Waals surface area contributed by atoms with E-state index in [1.165, 1.54) is 0 Å². The van der Waals surface area contributed by atoms with E-state index >= 15 is 0 Å². The number of hydrogen-bond acceptors (Lipinski definition) is 6. The Morgan fingerprint density at radius 3 is 1.29 bits per heavy atom. The Bertz CT molecular complexity index is 1340. The largest absolute Gasteiger partial charge is 0.490 e. The number of ether oxygens (including phenoxy) is 2. The maximum Gasteiger partial charge on any atom is 0.167 e. The third-order valence-corrected chi connectivity index (χ3v) is 7.51. The van der Waals surface area contributed by atoms with Crippen LogP contribution in [0.5, 0.6) is 11.5 Å². The summed E-state index contributed by atoms with van der Waals surface area (Å²) in [6, 6.07) is 32.7. The van der Waals surface area contributed by atoms with E-state index in [1.807, 2.05) is 60.7 Å². The molecule has 3 aliphatic rings. The van der Waals surface area contributed by atoms with Crippen LogP contribution in [0.2, 0.25) is 0 Å². The summed E-state index contributed by atoms with van der Waals surface area (Å²) < 4.78 is 12.5. The summed E-state index contributed by atoms with van der Waals surface area (Å²) in [7, 11) is 0. The number of rotatable bonds is 0. The molecule has 4 aromatic rings. The van der Waals surface area contributed by atoms with E-state index < -0.39 is 11.2 Å². The minimum atomic E-state index is -0.891. The molecule has 0 radical (unpaired) electrons. The highest BCUT2D eigenvalue weighted by Crippen LogP contribution is 2.40. The van der Waals surface area contributed by atoms with Gasteiger partial charge in [0.2, 0.25) is 0 Å². The van der Waals surface area contributed by atoms with Crippen LogP contribution >= 0.6 is 0 Å². The molecule has 1 saturated heterocycles. The third-order valence-electron chi connectivity index (χ3n) is 7.51. The molecule has 0 aliphatic carbocycles. The Kier molecular flexibility index (Phi) is 5.90. The Morgan fingerprint density at radius 2 is 0.816 bits per heavy atom. The molecule has 192 valence electrons. The van der Waals surface area contributed by atoms with Gasteiger partial charge in [0.1, 0.15) is 37.9 Å². The van der Waals surface area contributed by atoms with E-state index in [0.717, 1.165) is 44.9 Å². The molecule has 2 unspecified atom stereocenters. The molecule has 0 amide bonds. The van der Waals surface area contributed by atoms with E-state index in [4.69, 9.17) is 29.0 Å². The maximum atomic E-state index is 6.27. The van der Waals surface area contributed by atoms with Crippen LogP contribution in [0.15, 0.2) is 97.1 Å². The number of hydrogen-bond donors (Lipinski definition) is 0. The standard InChI is InChI=1S/C32H28O6/c1-3-11-25-23(9-1)17-31(19-33-29-15-7-5-13-27(25)29)21-35-38-32(22-36-37-31)18-24-10-2-4-12-26(24)28-14-6-8-16-30(28)34-20-32/h1-16H,17-22H2. The van der Waals surface area contributed by atoms with Crippen LogP contribution in [0.1, 0.15) is 11.1 Å². The van der Waals surface area contributed by atoms with Crippen molar-refractivity contribution in [1.29, 1.82) is 0 Å². The van der Waals surface area contributed by atoms with E-state index in [1.54, 1.807) is 0 Å². The first-order chi connectivity index (χ1) is 18.7. The normalized spacial score (nSPS) is 24.4. The third kappa shape index (κ3) is 4.25. The Morgan fingerprint density at radius 1 is 0.421 bits per heavy atom. The highest BCUT2D eigenvalue weighted by molar-refractivity contribution is 5.74. The molecule has 6 nitrogen and oxygen atoms in total. The van der Waals surface area contributed by atoms with Crippen LogP contribution in [-0.2, 0) is 32.4 Å². The van der Waals surface area contributed by atoms with Crippen molar-refractivity contribution in [2.24, 2.45) is 0 Å². The lowest BCUT2D eigenvalue weighted by Gasteiger charge is -2.40. The van der Waals surface area contributed by atoms with Crippen LogP contribution < -0.4 is 9.47 Å². The summed E-state index contributed by atoms with van der Waals surface area (Å²) in [5.41, 5.74) is 4.81. The predicted molar refractivity (Wildman–Crippen MR) is 142 cm³/mol. The first kappa shape index (κ1) is 23.4. The van der Waals surface area contributed by atoms with Gasteiger partial charge in [0.15, 0.2) is 11.2 Å². The number of benzene rings is 4. The fourth-order valence-electron chi connectivity index (χ4n) is 5.58. The van der Waals surface area contributed by atoms with E-state index in [-0.39, 0.29) is 26.4 Å². The Labute approximate surface area is 221 Å². The molecule has 2 spiro atoms. The number of fused-ring (bicyclic) bond motifs is 6. The molecule has 2 atom stereocenters. The summed E-state index contributed by atoms with van der Waals surface area (Å²) in [4.78, 5) is 24.4. The van der Waals surface area contributed by atoms with Gasteiger partial charge in [-0.3, -0.25) is 0 Å². The van der Waals surface area contributed by atoms with Gasteiger partial charge in [-0.2, -0.15) is 0 Å². The average molecular weight is 509 g/mol. The SMILES string of the molecule is c1ccc2c(c1)CC1(COOC3(COO1)COc1ccccc1-c1ccccc1C3)COc1ccccc1-2. The Hall–Kier alpha value is -3.68. The van der Waals surface area contributed by atoms with Crippen molar-refractivity contribution in [3.05, 3.63) is 108 Å². The van der Waals surface area contributed by atoms with Gasteiger partial charge in [-0.05, 0) is 34.4 Å². The van der Waals surface area contributed by atoms with Gasteiger partial charge < -0.3 is 9.47 Å². The van der Waals surface area contributed by atoms with Crippen molar-refractivity contribution < 1.29 is 29.0 Å². The van der Waals surface area contributed by atoms with Crippen molar-refractivity contribution in [2.75, 3.05) is 26.4 Å². The molecule has 3 aliphatic heterocycles. The van der Waals surface area contributed by atoms with Crippen LogP contribution in [0.3, 0.4) is 0 Å².